The Labute approximate surface area is 174 Å². The molecule has 0 aliphatic heterocycles. The molecular weight excluding hydrogens is 376 g/mol. The molecule has 1 heterocycles. The average molecular weight is 398 g/mol. The summed E-state index contributed by atoms with van der Waals surface area (Å²) in [6.07, 6.45) is 1.61. The van der Waals surface area contributed by atoms with Crippen LogP contribution >= 0.6 is 0 Å². The number of carbonyl (C=O) groups is 1. The van der Waals surface area contributed by atoms with Crippen LogP contribution < -0.4 is 15.8 Å². The fourth-order valence-electron chi connectivity index (χ4n) is 3.46. The second kappa shape index (κ2) is 8.21. The van der Waals surface area contributed by atoms with E-state index in [1.807, 2.05) is 84.2 Å². The smallest absolute Gasteiger partial charge is 0.260 e. The Bertz CT molecular complexity index is 1240. The van der Waals surface area contributed by atoms with E-state index in [0.29, 0.717) is 10.8 Å². The standard InChI is InChI=1S/C24H22N4O2/c1-27(2)18-13-11-17(12-14-18)15-25-26-23(29)16-28-21-9-5-3-7-19(21)24(30)20-8-4-6-10-22(20)28/h3-15H,16H2,1-2H3,(H,26,29)/b25-15-. The lowest BCUT2D eigenvalue weighted by molar-refractivity contribution is -0.121. The van der Waals surface area contributed by atoms with Crippen molar-refractivity contribution in [2.24, 2.45) is 5.10 Å². The minimum Gasteiger partial charge on any atom is -0.378 e. The largest absolute Gasteiger partial charge is 0.378 e. The van der Waals surface area contributed by atoms with Crippen molar-refractivity contribution in [1.82, 2.24) is 9.99 Å². The van der Waals surface area contributed by atoms with E-state index < -0.39 is 0 Å². The van der Waals surface area contributed by atoms with E-state index in [-0.39, 0.29) is 17.9 Å². The van der Waals surface area contributed by atoms with E-state index in [4.69, 9.17) is 0 Å². The maximum absolute atomic E-state index is 12.8. The molecule has 1 amide bonds. The van der Waals surface area contributed by atoms with Crippen molar-refractivity contribution in [3.63, 3.8) is 0 Å². The van der Waals surface area contributed by atoms with Crippen LogP contribution in [0.4, 0.5) is 5.69 Å². The Kier molecular flexibility index (Phi) is 5.30. The monoisotopic (exact) mass is 398 g/mol. The van der Waals surface area contributed by atoms with Gasteiger partial charge in [0.25, 0.3) is 5.91 Å². The number of para-hydroxylation sites is 2. The predicted octanol–water partition coefficient (Wildman–Crippen LogP) is 3.37. The second-order valence-corrected chi connectivity index (χ2v) is 7.23. The molecule has 4 rings (SSSR count). The van der Waals surface area contributed by atoms with E-state index in [2.05, 4.69) is 10.5 Å². The maximum Gasteiger partial charge on any atom is 0.260 e. The molecule has 0 spiro atoms. The zero-order valence-electron chi connectivity index (χ0n) is 16.9. The van der Waals surface area contributed by atoms with Gasteiger partial charge in [0.15, 0.2) is 5.43 Å². The fourth-order valence-corrected chi connectivity index (χ4v) is 3.46. The molecule has 0 bridgehead atoms. The van der Waals surface area contributed by atoms with Gasteiger partial charge in [-0.05, 0) is 42.0 Å². The normalized spacial score (nSPS) is 11.3. The third kappa shape index (κ3) is 3.80. The highest BCUT2D eigenvalue weighted by Gasteiger charge is 2.12. The first-order valence-electron chi connectivity index (χ1n) is 9.64. The molecule has 0 unspecified atom stereocenters. The SMILES string of the molecule is CN(C)c1ccc(/C=N\NC(=O)Cn2c3ccccc3c(=O)c3ccccc32)cc1. The van der Waals surface area contributed by atoms with Gasteiger partial charge in [0.05, 0.1) is 17.2 Å². The highest BCUT2D eigenvalue weighted by atomic mass is 16.2. The summed E-state index contributed by atoms with van der Waals surface area (Å²) in [5.74, 6) is -0.268. The molecule has 3 aromatic carbocycles. The Balaban J connectivity index is 1.58. The third-order valence-electron chi connectivity index (χ3n) is 4.99. The predicted molar refractivity (Wildman–Crippen MR) is 122 cm³/mol. The van der Waals surface area contributed by atoms with Crippen molar-refractivity contribution in [2.45, 2.75) is 6.54 Å². The number of nitrogens with one attached hydrogen (secondary N) is 1. The van der Waals surface area contributed by atoms with Crippen molar-refractivity contribution >= 4 is 39.6 Å². The maximum atomic E-state index is 12.8. The number of anilines is 1. The summed E-state index contributed by atoms with van der Waals surface area (Å²) in [5, 5.41) is 5.26. The Hall–Kier alpha value is -3.93. The number of hydrazone groups is 1. The van der Waals surface area contributed by atoms with Crippen LogP contribution in [0, 0.1) is 0 Å². The average Bonchev–Trinajstić information content (AvgIpc) is 2.77. The van der Waals surface area contributed by atoms with E-state index >= 15 is 0 Å². The molecule has 0 saturated heterocycles. The van der Waals surface area contributed by atoms with Crippen molar-refractivity contribution in [3.05, 3.63) is 88.6 Å². The van der Waals surface area contributed by atoms with Crippen molar-refractivity contribution in [3.8, 4) is 0 Å². The van der Waals surface area contributed by atoms with Crippen molar-refractivity contribution in [2.75, 3.05) is 19.0 Å². The minimum absolute atomic E-state index is 0.0305. The van der Waals surface area contributed by atoms with Gasteiger partial charge < -0.3 is 9.47 Å². The van der Waals surface area contributed by atoms with Gasteiger partial charge in [0.1, 0.15) is 6.54 Å². The van der Waals surface area contributed by atoms with Crippen LogP contribution in [0.15, 0.2) is 82.7 Å². The van der Waals surface area contributed by atoms with Crippen molar-refractivity contribution < 1.29 is 4.79 Å². The molecule has 0 aliphatic rings. The first-order valence-corrected chi connectivity index (χ1v) is 9.64. The summed E-state index contributed by atoms with van der Waals surface area (Å²) < 4.78 is 1.85. The molecule has 4 aromatic rings. The number of nitrogens with zero attached hydrogens (tertiary/aromatic N) is 3. The van der Waals surface area contributed by atoms with Gasteiger partial charge in [-0.15, -0.1) is 0 Å². The second-order valence-electron chi connectivity index (χ2n) is 7.23. The summed E-state index contributed by atoms with van der Waals surface area (Å²) in [5.41, 5.74) is 5.98. The summed E-state index contributed by atoms with van der Waals surface area (Å²) in [6.45, 7) is 0.0538. The first-order chi connectivity index (χ1) is 14.5. The highest BCUT2D eigenvalue weighted by Crippen LogP contribution is 2.19. The molecule has 150 valence electrons. The quantitative estimate of drug-likeness (QED) is 0.318. The van der Waals surface area contributed by atoms with Crippen LogP contribution in [-0.2, 0) is 11.3 Å². The van der Waals surface area contributed by atoms with Crippen LogP contribution in [0.3, 0.4) is 0 Å². The Morgan fingerprint density at radius 3 is 2.07 bits per heavy atom. The molecule has 0 radical (unpaired) electrons. The van der Waals surface area contributed by atoms with Gasteiger partial charge >= 0.3 is 0 Å². The molecule has 0 fully saturated rings. The lowest BCUT2D eigenvalue weighted by Crippen LogP contribution is -2.25. The zero-order valence-corrected chi connectivity index (χ0v) is 16.9. The highest BCUT2D eigenvalue weighted by molar-refractivity contribution is 5.95. The van der Waals surface area contributed by atoms with E-state index in [1.54, 1.807) is 18.3 Å². The Morgan fingerprint density at radius 2 is 1.50 bits per heavy atom. The summed E-state index contributed by atoms with van der Waals surface area (Å²) in [6, 6.07) is 22.5. The van der Waals surface area contributed by atoms with Gasteiger partial charge in [-0.25, -0.2) is 5.43 Å². The van der Waals surface area contributed by atoms with Crippen molar-refractivity contribution in [1.29, 1.82) is 0 Å². The number of pyridine rings is 1. The number of fused-ring (bicyclic) bond motifs is 2. The number of amides is 1. The molecule has 0 atom stereocenters. The van der Waals surface area contributed by atoms with Crippen LogP contribution in [-0.4, -0.2) is 30.8 Å². The Morgan fingerprint density at radius 1 is 0.933 bits per heavy atom. The molecule has 6 nitrogen and oxygen atoms in total. The first kappa shape index (κ1) is 19.4. The van der Waals surface area contributed by atoms with E-state index in [0.717, 1.165) is 22.3 Å². The summed E-state index contributed by atoms with van der Waals surface area (Å²) in [7, 11) is 3.96. The number of hydrogen-bond donors (Lipinski definition) is 1. The minimum atomic E-state index is -0.268. The summed E-state index contributed by atoms with van der Waals surface area (Å²) >= 11 is 0. The third-order valence-corrected chi connectivity index (χ3v) is 4.99. The van der Waals surface area contributed by atoms with Gasteiger partial charge in [-0.1, -0.05) is 36.4 Å². The van der Waals surface area contributed by atoms with E-state index in [9.17, 15) is 9.59 Å². The molecule has 1 N–H and O–H groups in total. The topological polar surface area (TPSA) is 66.7 Å². The molecule has 6 heteroatoms. The molecular formula is C24H22N4O2. The van der Waals surface area contributed by atoms with Crippen LogP contribution in [0.25, 0.3) is 21.8 Å². The number of aromatic nitrogens is 1. The number of rotatable bonds is 5. The zero-order chi connectivity index (χ0) is 21.1. The lowest BCUT2D eigenvalue weighted by Gasteiger charge is -2.14. The molecule has 0 aliphatic carbocycles. The van der Waals surface area contributed by atoms with Crippen LogP contribution in [0.5, 0.6) is 0 Å². The molecule has 0 saturated carbocycles. The van der Waals surface area contributed by atoms with Gasteiger partial charge in [0.2, 0.25) is 0 Å². The number of hydrogen-bond acceptors (Lipinski definition) is 4. The van der Waals surface area contributed by atoms with E-state index in [1.165, 1.54) is 0 Å². The van der Waals surface area contributed by atoms with Gasteiger partial charge in [-0.3, -0.25) is 9.59 Å². The summed E-state index contributed by atoms with van der Waals surface area (Å²) in [4.78, 5) is 27.4. The number of carbonyl (C=O) groups excluding carboxylic acids is 1. The van der Waals surface area contributed by atoms with Crippen LogP contribution in [0.2, 0.25) is 0 Å². The fraction of sp³-hybridized carbons (Fsp3) is 0.125. The van der Waals surface area contributed by atoms with Gasteiger partial charge in [-0.2, -0.15) is 5.10 Å². The van der Waals surface area contributed by atoms with Crippen LogP contribution in [0.1, 0.15) is 5.56 Å². The molecule has 30 heavy (non-hydrogen) atoms. The van der Waals surface area contributed by atoms with Gasteiger partial charge in [0, 0.05) is 30.6 Å². The lowest BCUT2D eigenvalue weighted by atomic mass is 10.1. The number of benzene rings is 3. The molecule has 1 aromatic heterocycles.